The summed E-state index contributed by atoms with van der Waals surface area (Å²) in [6.45, 7) is 8.58. The van der Waals surface area contributed by atoms with E-state index in [0.29, 0.717) is 12.8 Å². The molecular formula is C28H38O8S. The van der Waals surface area contributed by atoms with E-state index in [1.165, 1.54) is 12.1 Å². The fraction of sp³-hybridized carbons (Fsp3) is 0.679. The molecule has 204 valence electrons. The van der Waals surface area contributed by atoms with Crippen molar-refractivity contribution in [1.29, 1.82) is 0 Å². The highest BCUT2D eigenvalue weighted by Gasteiger charge is 2.68. The molecule has 0 amide bonds. The minimum Gasteiger partial charge on any atom is -0.460 e. The molecule has 9 heteroatoms. The van der Waals surface area contributed by atoms with E-state index in [2.05, 4.69) is 0 Å². The van der Waals surface area contributed by atoms with Crippen LogP contribution in [0.5, 0.6) is 0 Å². The van der Waals surface area contributed by atoms with Gasteiger partial charge in [0.25, 0.3) is 10.1 Å². The van der Waals surface area contributed by atoms with Crippen molar-refractivity contribution in [3.8, 4) is 0 Å². The molecule has 0 heterocycles. The van der Waals surface area contributed by atoms with Crippen LogP contribution < -0.4 is 0 Å². The Balaban J connectivity index is 1.65. The zero-order chi connectivity index (χ0) is 27.4. The Kier molecular flexibility index (Phi) is 7.23. The summed E-state index contributed by atoms with van der Waals surface area (Å²) in [6, 6.07) is 6.06. The number of carbonyl (C=O) groups is 3. The summed E-state index contributed by atoms with van der Waals surface area (Å²) in [5, 5.41) is 11.4. The molecule has 8 atom stereocenters. The van der Waals surface area contributed by atoms with E-state index in [-0.39, 0.29) is 28.9 Å². The Morgan fingerprint density at radius 3 is 2.43 bits per heavy atom. The average Bonchev–Trinajstić information content (AvgIpc) is 3.21. The zero-order valence-corrected chi connectivity index (χ0v) is 23.0. The monoisotopic (exact) mass is 534 g/mol. The summed E-state index contributed by atoms with van der Waals surface area (Å²) in [6.07, 6.45) is 1.42. The van der Waals surface area contributed by atoms with Crippen molar-refractivity contribution in [3.63, 3.8) is 0 Å². The van der Waals surface area contributed by atoms with E-state index in [1.54, 1.807) is 19.1 Å². The van der Waals surface area contributed by atoms with Gasteiger partial charge >= 0.3 is 5.97 Å². The molecule has 3 aliphatic carbocycles. The Morgan fingerprint density at radius 1 is 1.16 bits per heavy atom. The zero-order valence-electron chi connectivity index (χ0n) is 22.2. The van der Waals surface area contributed by atoms with Gasteiger partial charge in [-0.05, 0) is 62.0 Å². The van der Waals surface area contributed by atoms with Gasteiger partial charge in [-0.2, -0.15) is 8.42 Å². The van der Waals surface area contributed by atoms with Crippen LogP contribution in [-0.2, 0) is 33.4 Å². The van der Waals surface area contributed by atoms with E-state index >= 15 is 0 Å². The number of esters is 1. The first-order valence-electron chi connectivity index (χ1n) is 13.0. The number of ketones is 1. The topological polar surface area (TPSA) is 124 Å². The number of aryl methyl sites for hydroxylation is 1. The summed E-state index contributed by atoms with van der Waals surface area (Å²) in [5.74, 6) is -1.51. The smallest absolute Gasteiger partial charge is 0.333 e. The number of ether oxygens (including phenoxy) is 1. The quantitative estimate of drug-likeness (QED) is 0.333. The van der Waals surface area contributed by atoms with Crippen LogP contribution in [0.3, 0.4) is 0 Å². The maximum Gasteiger partial charge on any atom is 0.333 e. The van der Waals surface area contributed by atoms with Gasteiger partial charge in [0.15, 0.2) is 6.61 Å². The molecule has 1 N–H and O–H groups in total. The van der Waals surface area contributed by atoms with Crippen molar-refractivity contribution in [1.82, 2.24) is 0 Å². The SMILES string of the molecule is Cc1ccc(S(=O)(=O)OCC(=O)O[C@@H]2C[C@@](C)(C=O)[C@@H](O)[C@H](C)[C@]34CCC(=O)[C@H]3[C@@]2(C)[C@H](C)CC4)cc1. The van der Waals surface area contributed by atoms with E-state index in [1.807, 2.05) is 27.7 Å². The van der Waals surface area contributed by atoms with Crippen molar-refractivity contribution in [3.05, 3.63) is 29.8 Å². The van der Waals surface area contributed by atoms with Gasteiger partial charge in [-0.1, -0.05) is 45.4 Å². The number of Topliss-reactive ketones (excluding diaryl/α,β-unsaturated/α-hetero) is 1. The summed E-state index contributed by atoms with van der Waals surface area (Å²) in [5.41, 5.74) is -1.60. The summed E-state index contributed by atoms with van der Waals surface area (Å²) in [7, 11) is -4.19. The average molecular weight is 535 g/mol. The number of aliphatic hydroxyl groups is 1. The molecule has 0 spiro atoms. The summed E-state index contributed by atoms with van der Waals surface area (Å²) < 4.78 is 36.1. The number of benzene rings is 1. The lowest BCUT2D eigenvalue weighted by atomic mass is 9.44. The minimum absolute atomic E-state index is 0.000953. The van der Waals surface area contributed by atoms with Gasteiger partial charge in [-0.25, -0.2) is 4.79 Å². The Hall–Kier alpha value is -2.10. The fourth-order valence-electron chi connectivity index (χ4n) is 7.51. The van der Waals surface area contributed by atoms with Gasteiger partial charge in [0.05, 0.1) is 16.4 Å². The predicted molar refractivity (Wildman–Crippen MR) is 135 cm³/mol. The molecule has 1 aromatic carbocycles. The van der Waals surface area contributed by atoms with Crippen LogP contribution in [0.1, 0.15) is 65.4 Å². The molecule has 0 aromatic heterocycles. The lowest BCUT2D eigenvalue weighted by Gasteiger charge is -2.61. The number of carbonyl (C=O) groups excluding carboxylic acids is 3. The third-order valence-corrected chi connectivity index (χ3v) is 11.3. The second-order valence-corrected chi connectivity index (χ2v) is 13.6. The van der Waals surface area contributed by atoms with E-state index in [4.69, 9.17) is 8.92 Å². The lowest BCUT2D eigenvalue weighted by Crippen LogP contribution is -2.63. The van der Waals surface area contributed by atoms with Gasteiger partial charge in [0, 0.05) is 17.8 Å². The molecule has 1 aromatic rings. The lowest BCUT2D eigenvalue weighted by molar-refractivity contribution is -0.210. The Morgan fingerprint density at radius 2 is 1.81 bits per heavy atom. The van der Waals surface area contributed by atoms with E-state index in [0.717, 1.165) is 24.7 Å². The summed E-state index contributed by atoms with van der Waals surface area (Å²) in [4.78, 5) is 38.7. The number of aliphatic hydroxyl groups excluding tert-OH is 1. The first-order chi connectivity index (χ1) is 17.2. The van der Waals surface area contributed by atoms with Crippen molar-refractivity contribution in [2.45, 2.75) is 83.8 Å². The molecule has 0 aliphatic heterocycles. The number of rotatable bonds is 6. The van der Waals surface area contributed by atoms with E-state index < -0.39 is 57.1 Å². The largest absolute Gasteiger partial charge is 0.460 e. The highest BCUT2D eigenvalue weighted by molar-refractivity contribution is 7.86. The maximum absolute atomic E-state index is 13.4. The maximum atomic E-state index is 13.4. The van der Waals surface area contributed by atoms with E-state index in [9.17, 15) is 27.9 Å². The standard InChI is InChI=1S/C28H38O8S/c1-17-6-8-20(9-7-17)37(33,34)35-15-23(31)36-22-14-26(4,16-29)25(32)19(3)28-12-10-18(2)27(22,5)24(28)21(30)11-13-28/h6-9,16,18-19,22,24-25,32H,10-15H2,1-5H3/t18-,19+,22-,24+,25+,26+,27+,28+/m1/s1. The van der Waals surface area contributed by atoms with Gasteiger partial charge in [-0.3, -0.25) is 8.98 Å². The van der Waals surface area contributed by atoms with Gasteiger partial charge in [0.2, 0.25) is 0 Å². The van der Waals surface area contributed by atoms with Crippen molar-refractivity contribution in [2.24, 2.45) is 34.0 Å². The van der Waals surface area contributed by atoms with Gasteiger partial charge in [0.1, 0.15) is 18.2 Å². The van der Waals surface area contributed by atoms with Crippen molar-refractivity contribution in [2.75, 3.05) is 6.61 Å². The van der Waals surface area contributed by atoms with Crippen LogP contribution in [0.2, 0.25) is 0 Å². The number of aldehydes is 1. The molecule has 3 saturated carbocycles. The molecule has 8 nitrogen and oxygen atoms in total. The normalized spacial score (nSPS) is 39.8. The minimum atomic E-state index is -4.19. The third kappa shape index (κ3) is 4.46. The molecule has 3 fully saturated rings. The highest BCUT2D eigenvalue weighted by atomic mass is 32.2. The predicted octanol–water partition coefficient (Wildman–Crippen LogP) is 3.62. The number of hydrogen-bond donors (Lipinski definition) is 1. The van der Waals surface area contributed by atoms with Crippen LogP contribution in [0, 0.1) is 40.9 Å². The first kappa shape index (κ1) is 27.9. The molecule has 0 radical (unpaired) electrons. The highest BCUT2D eigenvalue weighted by Crippen LogP contribution is 2.67. The van der Waals surface area contributed by atoms with Gasteiger partial charge in [-0.15, -0.1) is 0 Å². The second kappa shape index (κ2) is 9.58. The second-order valence-electron chi connectivity index (χ2n) is 12.0. The van der Waals surface area contributed by atoms with Crippen molar-refractivity contribution < 1.29 is 36.8 Å². The molecule has 0 saturated heterocycles. The molecule has 37 heavy (non-hydrogen) atoms. The molecular weight excluding hydrogens is 496 g/mol. The third-order valence-electron chi connectivity index (χ3n) is 10.0. The number of hydrogen-bond acceptors (Lipinski definition) is 8. The van der Waals surface area contributed by atoms with Crippen LogP contribution >= 0.6 is 0 Å². The Bertz CT molecular complexity index is 1180. The van der Waals surface area contributed by atoms with Crippen LogP contribution in [0.4, 0.5) is 0 Å². The summed E-state index contributed by atoms with van der Waals surface area (Å²) >= 11 is 0. The fourth-order valence-corrected chi connectivity index (χ4v) is 8.36. The van der Waals surface area contributed by atoms with Crippen LogP contribution in [-0.4, -0.2) is 50.4 Å². The van der Waals surface area contributed by atoms with Crippen LogP contribution in [0.15, 0.2) is 29.2 Å². The molecule has 0 unspecified atom stereocenters. The molecule has 4 rings (SSSR count). The van der Waals surface area contributed by atoms with Gasteiger partial charge < -0.3 is 14.6 Å². The Labute approximate surface area is 219 Å². The first-order valence-corrected chi connectivity index (χ1v) is 14.4. The molecule has 3 aliphatic rings. The molecule has 2 bridgehead atoms. The van der Waals surface area contributed by atoms with Crippen molar-refractivity contribution >= 4 is 28.2 Å². The van der Waals surface area contributed by atoms with Crippen LogP contribution in [0.25, 0.3) is 0 Å².